The first-order valence-electron chi connectivity index (χ1n) is 5.79. The maximum atomic E-state index is 12.4. The fourth-order valence-electron chi connectivity index (χ4n) is 1.99. The van der Waals surface area contributed by atoms with Gasteiger partial charge in [-0.05, 0) is 43.4 Å². The van der Waals surface area contributed by atoms with Gasteiger partial charge in [-0.25, -0.2) is 0 Å². The smallest absolute Gasteiger partial charge is 0.325 e. The van der Waals surface area contributed by atoms with Crippen LogP contribution in [0.5, 0.6) is 0 Å². The summed E-state index contributed by atoms with van der Waals surface area (Å²) in [6, 6.07) is 2.49. The molecular weight excluding hydrogens is 241 g/mol. The van der Waals surface area contributed by atoms with Gasteiger partial charge in [0.15, 0.2) is 0 Å². The molecule has 1 aromatic heterocycles. The Kier molecular flexibility index (Phi) is 3.19. The maximum absolute atomic E-state index is 12.4. The van der Waals surface area contributed by atoms with Gasteiger partial charge in [-0.2, -0.15) is 13.2 Å². The zero-order valence-electron chi connectivity index (χ0n) is 10.1. The molecule has 0 amide bonds. The molecule has 0 spiro atoms. The highest BCUT2D eigenvalue weighted by atomic mass is 19.4. The quantitative estimate of drug-likeness (QED) is 0.836. The Balaban J connectivity index is 2.19. The predicted octanol–water partition coefficient (Wildman–Crippen LogP) is 3.39. The molecule has 0 saturated heterocycles. The van der Waals surface area contributed by atoms with Gasteiger partial charge in [0, 0.05) is 11.7 Å². The Hall–Kier alpha value is -1.36. The highest BCUT2D eigenvalue weighted by Crippen LogP contribution is 2.32. The molecule has 98 valence electrons. The van der Waals surface area contributed by atoms with Crippen LogP contribution in [0.15, 0.2) is 24.4 Å². The van der Waals surface area contributed by atoms with Gasteiger partial charge in [0.1, 0.15) is 5.69 Å². The normalized spacial score (nSPS) is 24.8. The lowest BCUT2D eigenvalue weighted by Crippen LogP contribution is -2.37. The number of aromatic nitrogens is 1. The number of nitrogens with two attached hydrogens (primary N) is 1. The van der Waals surface area contributed by atoms with Gasteiger partial charge in [-0.15, -0.1) is 0 Å². The van der Waals surface area contributed by atoms with Crippen molar-refractivity contribution in [3.8, 4) is 0 Å². The Morgan fingerprint density at radius 3 is 2.50 bits per heavy atom. The van der Waals surface area contributed by atoms with Crippen LogP contribution in [0.4, 0.5) is 13.2 Å². The minimum absolute atomic E-state index is 0.206. The zero-order valence-corrected chi connectivity index (χ0v) is 10.1. The number of rotatable bonds is 1. The Morgan fingerprint density at radius 2 is 2.06 bits per heavy atom. The summed E-state index contributed by atoms with van der Waals surface area (Å²) in [4.78, 5) is 3.46. The van der Waals surface area contributed by atoms with E-state index in [2.05, 4.69) is 4.98 Å². The van der Waals surface area contributed by atoms with Crippen molar-refractivity contribution in [1.29, 1.82) is 0 Å². The highest BCUT2D eigenvalue weighted by molar-refractivity contribution is 5.66. The van der Waals surface area contributed by atoms with Crippen LogP contribution in [0.3, 0.4) is 0 Å². The van der Waals surface area contributed by atoms with Crippen LogP contribution < -0.4 is 5.73 Å². The molecule has 1 unspecified atom stereocenters. The van der Waals surface area contributed by atoms with E-state index in [0.29, 0.717) is 0 Å². The van der Waals surface area contributed by atoms with E-state index in [1.165, 1.54) is 12.3 Å². The summed E-state index contributed by atoms with van der Waals surface area (Å²) in [5.74, 6) is 0. The topological polar surface area (TPSA) is 38.9 Å². The third-order valence-electron chi connectivity index (χ3n) is 3.20. The van der Waals surface area contributed by atoms with E-state index in [0.717, 1.165) is 36.5 Å². The van der Waals surface area contributed by atoms with E-state index in [-0.39, 0.29) is 5.54 Å². The third kappa shape index (κ3) is 2.90. The van der Waals surface area contributed by atoms with Crippen LogP contribution in [-0.4, -0.2) is 10.5 Å². The molecular formula is C13H15F3N2. The van der Waals surface area contributed by atoms with E-state index in [4.69, 9.17) is 5.73 Å². The number of nitrogens with zero attached hydrogens (tertiary/aromatic N) is 1. The molecule has 0 bridgehead atoms. The van der Waals surface area contributed by atoms with Crippen LogP contribution in [0.25, 0.3) is 5.57 Å². The van der Waals surface area contributed by atoms with Crippen molar-refractivity contribution in [2.75, 3.05) is 0 Å². The van der Waals surface area contributed by atoms with E-state index in [9.17, 15) is 13.2 Å². The molecule has 1 heterocycles. The monoisotopic (exact) mass is 256 g/mol. The summed E-state index contributed by atoms with van der Waals surface area (Å²) in [5, 5.41) is 0. The molecule has 18 heavy (non-hydrogen) atoms. The first-order valence-corrected chi connectivity index (χ1v) is 5.79. The lowest BCUT2D eigenvalue weighted by Gasteiger charge is -2.28. The number of pyridine rings is 1. The summed E-state index contributed by atoms with van der Waals surface area (Å²) in [6.45, 7) is 1.98. The average Bonchev–Trinajstić information content (AvgIpc) is 2.28. The third-order valence-corrected chi connectivity index (χ3v) is 3.20. The molecule has 0 aliphatic heterocycles. The number of alkyl halides is 3. The second-order valence-corrected chi connectivity index (χ2v) is 5.02. The van der Waals surface area contributed by atoms with Crippen molar-refractivity contribution in [2.24, 2.45) is 5.73 Å². The Morgan fingerprint density at radius 1 is 1.33 bits per heavy atom. The van der Waals surface area contributed by atoms with E-state index in [1.807, 2.05) is 13.0 Å². The van der Waals surface area contributed by atoms with Gasteiger partial charge in [0.05, 0.1) is 0 Å². The van der Waals surface area contributed by atoms with Gasteiger partial charge in [0.2, 0.25) is 0 Å². The molecule has 2 N–H and O–H groups in total. The van der Waals surface area contributed by atoms with Crippen LogP contribution in [0.2, 0.25) is 0 Å². The first kappa shape index (κ1) is 13.1. The predicted molar refractivity (Wildman–Crippen MR) is 63.7 cm³/mol. The zero-order chi connectivity index (χ0) is 13.4. The lowest BCUT2D eigenvalue weighted by atomic mass is 9.83. The van der Waals surface area contributed by atoms with Gasteiger partial charge in [-0.3, -0.25) is 4.98 Å². The lowest BCUT2D eigenvalue weighted by molar-refractivity contribution is -0.141. The molecule has 2 nitrogen and oxygen atoms in total. The van der Waals surface area contributed by atoms with Crippen molar-refractivity contribution in [2.45, 2.75) is 37.9 Å². The van der Waals surface area contributed by atoms with Gasteiger partial charge in [-0.1, -0.05) is 12.1 Å². The highest BCUT2D eigenvalue weighted by Gasteiger charge is 2.32. The van der Waals surface area contributed by atoms with Crippen LogP contribution in [0, 0.1) is 0 Å². The fraction of sp³-hybridized carbons (Fsp3) is 0.462. The largest absolute Gasteiger partial charge is 0.433 e. The van der Waals surface area contributed by atoms with Gasteiger partial charge in [0.25, 0.3) is 0 Å². The molecule has 1 aliphatic carbocycles. The molecule has 0 aromatic carbocycles. The Labute approximate surface area is 104 Å². The standard InChI is InChI=1S/C13H15F3N2/c1-12(17)6-4-9(5-7-12)10-2-3-11(18-8-10)13(14,15)16/h2-4,8H,5-7,17H2,1H3. The molecule has 1 aromatic rings. The first-order chi connectivity index (χ1) is 8.28. The second-order valence-electron chi connectivity index (χ2n) is 5.02. The molecule has 1 aliphatic rings. The van der Waals surface area contributed by atoms with Gasteiger partial charge < -0.3 is 5.73 Å². The Bertz CT molecular complexity index is 458. The molecule has 0 saturated carbocycles. The van der Waals surface area contributed by atoms with E-state index < -0.39 is 11.9 Å². The summed E-state index contributed by atoms with van der Waals surface area (Å²) in [6.07, 6.45) is 1.25. The average molecular weight is 256 g/mol. The molecule has 1 atom stereocenters. The van der Waals surface area contributed by atoms with Crippen molar-refractivity contribution in [3.63, 3.8) is 0 Å². The maximum Gasteiger partial charge on any atom is 0.433 e. The van der Waals surface area contributed by atoms with E-state index >= 15 is 0 Å². The fourth-order valence-corrected chi connectivity index (χ4v) is 1.99. The SMILES string of the molecule is CC1(N)CC=C(c2ccc(C(F)(F)F)nc2)CC1. The van der Waals surface area contributed by atoms with Crippen LogP contribution >= 0.6 is 0 Å². The number of halogens is 3. The summed E-state index contributed by atoms with van der Waals surface area (Å²) in [5.41, 5.74) is 6.71. The number of hydrogen-bond acceptors (Lipinski definition) is 2. The van der Waals surface area contributed by atoms with Crippen LogP contribution in [-0.2, 0) is 6.18 Å². The molecule has 5 heteroatoms. The number of hydrogen-bond donors (Lipinski definition) is 1. The van der Waals surface area contributed by atoms with Gasteiger partial charge >= 0.3 is 6.18 Å². The summed E-state index contributed by atoms with van der Waals surface area (Å²) in [7, 11) is 0. The molecule has 2 rings (SSSR count). The second kappa shape index (κ2) is 4.39. The van der Waals surface area contributed by atoms with Crippen molar-refractivity contribution < 1.29 is 13.2 Å². The van der Waals surface area contributed by atoms with Crippen molar-refractivity contribution in [1.82, 2.24) is 4.98 Å². The number of allylic oxidation sites excluding steroid dienone is 1. The molecule has 0 fully saturated rings. The molecule has 0 radical (unpaired) electrons. The van der Waals surface area contributed by atoms with Crippen molar-refractivity contribution in [3.05, 3.63) is 35.7 Å². The van der Waals surface area contributed by atoms with Crippen molar-refractivity contribution >= 4 is 5.57 Å². The summed E-state index contributed by atoms with van der Waals surface area (Å²) >= 11 is 0. The summed E-state index contributed by atoms with van der Waals surface area (Å²) < 4.78 is 37.1. The van der Waals surface area contributed by atoms with Crippen LogP contribution in [0.1, 0.15) is 37.4 Å². The minimum Gasteiger partial charge on any atom is -0.325 e. The minimum atomic E-state index is -4.38. The van der Waals surface area contributed by atoms with E-state index in [1.54, 1.807) is 0 Å².